The van der Waals surface area contributed by atoms with Crippen LogP contribution in [0.15, 0.2) is 24.3 Å². The van der Waals surface area contributed by atoms with E-state index in [1.807, 2.05) is 26.0 Å². The van der Waals surface area contributed by atoms with E-state index >= 15 is 0 Å². The van der Waals surface area contributed by atoms with Gasteiger partial charge in [0.25, 0.3) is 5.91 Å². The van der Waals surface area contributed by atoms with Crippen molar-refractivity contribution in [2.45, 2.75) is 32.9 Å². The van der Waals surface area contributed by atoms with Gasteiger partial charge < -0.3 is 16.0 Å². The van der Waals surface area contributed by atoms with E-state index in [9.17, 15) is 9.59 Å². The summed E-state index contributed by atoms with van der Waals surface area (Å²) in [5.41, 5.74) is 7.53. The van der Waals surface area contributed by atoms with Crippen molar-refractivity contribution >= 4 is 11.8 Å². The Morgan fingerprint density at radius 3 is 2.33 bits per heavy atom. The Balaban J connectivity index is 2.68. The van der Waals surface area contributed by atoms with E-state index in [0.29, 0.717) is 12.1 Å². The average Bonchev–Trinajstić information content (AvgIpc) is 2.52. The summed E-state index contributed by atoms with van der Waals surface area (Å²) < 4.78 is 0. The van der Waals surface area contributed by atoms with E-state index in [0.717, 1.165) is 12.0 Å². The molecule has 0 aliphatic rings. The quantitative estimate of drug-likeness (QED) is 0.831. The van der Waals surface area contributed by atoms with Crippen LogP contribution in [0.25, 0.3) is 0 Å². The first-order chi connectivity index (χ1) is 9.90. The van der Waals surface area contributed by atoms with E-state index in [-0.39, 0.29) is 17.7 Å². The van der Waals surface area contributed by atoms with Gasteiger partial charge in [-0.15, -0.1) is 0 Å². The predicted octanol–water partition coefficient (Wildman–Crippen LogP) is 1.38. The minimum atomic E-state index is -0.467. The highest BCUT2D eigenvalue weighted by atomic mass is 16.2. The second-order valence-corrected chi connectivity index (χ2v) is 5.38. The lowest BCUT2D eigenvalue weighted by Crippen LogP contribution is -2.45. The summed E-state index contributed by atoms with van der Waals surface area (Å²) in [6.07, 6.45) is 0.877. The molecule has 0 heterocycles. The number of carbonyl (C=O) groups excluding carboxylic acids is 2. The van der Waals surface area contributed by atoms with E-state index in [4.69, 9.17) is 5.73 Å². The lowest BCUT2D eigenvalue weighted by molar-refractivity contribution is -0.132. The Morgan fingerprint density at radius 1 is 1.29 bits per heavy atom. The first-order valence-corrected chi connectivity index (χ1v) is 7.22. The van der Waals surface area contributed by atoms with Gasteiger partial charge in [0.05, 0.1) is 6.04 Å². The molecule has 5 nitrogen and oxygen atoms in total. The molecule has 0 aromatic heterocycles. The van der Waals surface area contributed by atoms with Crippen LogP contribution in [-0.2, 0) is 11.3 Å². The molecule has 1 aromatic carbocycles. The number of hydrogen-bond acceptors (Lipinski definition) is 3. The second-order valence-electron chi connectivity index (χ2n) is 5.38. The normalized spacial score (nSPS) is 13.4. The van der Waals surface area contributed by atoms with Crippen molar-refractivity contribution in [3.8, 4) is 0 Å². The van der Waals surface area contributed by atoms with Gasteiger partial charge in [-0.3, -0.25) is 9.59 Å². The largest absolute Gasteiger partial charge is 0.355 e. The average molecular weight is 291 g/mol. The summed E-state index contributed by atoms with van der Waals surface area (Å²) >= 11 is 0. The molecule has 0 radical (unpaired) electrons. The van der Waals surface area contributed by atoms with Crippen molar-refractivity contribution < 1.29 is 9.59 Å². The van der Waals surface area contributed by atoms with Gasteiger partial charge in [0.15, 0.2) is 0 Å². The maximum absolute atomic E-state index is 12.2. The van der Waals surface area contributed by atoms with Crippen LogP contribution in [0, 0.1) is 5.92 Å². The fraction of sp³-hybridized carbons (Fsp3) is 0.500. The first-order valence-electron chi connectivity index (χ1n) is 7.22. The summed E-state index contributed by atoms with van der Waals surface area (Å²) in [5, 5.41) is 2.57. The number of amides is 2. The third-order valence-corrected chi connectivity index (χ3v) is 3.78. The van der Waals surface area contributed by atoms with Crippen LogP contribution in [0.3, 0.4) is 0 Å². The summed E-state index contributed by atoms with van der Waals surface area (Å²) in [5.74, 6) is -0.0138. The molecular formula is C16H25N3O2. The highest BCUT2D eigenvalue weighted by Crippen LogP contribution is 2.11. The van der Waals surface area contributed by atoms with Crippen molar-refractivity contribution in [2.75, 3.05) is 14.1 Å². The van der Waals surface area contributed by atoms with Crippen molar-refractivity contribution in [2.24, 2.45) is 11.7 Å². The van der Waals surface area contributed by atoms with Crippen LogP contribution < -0.4 is 11.1 Å². The van der Waals surface area contributed by atoms with Gasteiger partial charge in [0.1, 0.15) is 0 Å². The Kier molecular flexibility index (Phi) is 6.37. The highest BCUT2D eigenvalue weighted by molar-refractivity contribution is 5.93. The molecule has 3 N–H and O–H groups in total. The third kappa shape index (κ3) is 4.56. The molecule has 0 saturated carbocycles. The summed E-state index contributed by atoms with van der Waals surface area (Å²) in [6, 6.07) is 6.74. The maximum Gasteiger partial charge on any atom is 0.251 e. The van der Waals surface area contributed by atoms with E-state index in [1.54, 1.807) is 31.1 Å². The SMILES string of the molecule is CCC(C)[C@H](N)C(=O)N(C)Cc1ccc(C(=O)NC)cc1. The molecule has 5 heteroatoms. The second kappa shape index (κ2) is 7.78. The number of carbonyl (C=O) groups is 2. The molecule has 0 aliphatic heterocycles. The predicted molar refractivity (Wildman–Crippen MR) is 83.7 cm³/mol. The van der Waals surface area contributed by atoms with Gasteiger partial charge >= 0.3 is 0 Å². The molecule has 1 unspecified atom stereocenters. The Morgan fingerprint density at radius 2 is 1.86 bits per heavy atom. The fourth-order valence-electron chi connectivity index (χ4n) is 2.01. The maximum atomic E-state index is 12.2. The lowest BCUT2D eigenvalue weighted by atomic mass is 9.99. The van der Waals surface area contributed by atoms with Gasteiger partial charge in [-0.1, -0.05) is 32.4 Å². The number of nitrogens with zero attached hydrogens (tertiary/aromatic N) is 1. The topological polar surface area (TPSA) is 75.4 Å². The van der Waals surface area contributed by atoms with Crippen LogP contribution in [0.1, 0.15) is 36.2 Å². The van der Waals surface area contributed by atoms with Crippen LogP contribution in [0.5, 0.6) is 0 Å². The van der Waals surface area contributed by atoms with Crippen molar-refractivity contribution in [3.63, 3.8) is 0 Å². The monoisotopic (exact) mass is 291 g/mol. The van der Waals surface area contributed by atoms with Gasteiger partial charge in [-0.05, 0) is 23.6 Å². The van der Waals surface area contributed by atoms with Crippen LogP contribution in [-0.4, -0.2) is 36.9 Å². The molecule has 2 amide bonds. The first kappa shape index (κ1) is 17.2. The van der Waals surface area contributed by atoms with Gasteiger partial charge in [-0.25, -0.2) is 0 Å². The number of benzene rings is 1. The highest BCUT2D eigenvalue weighted by Gasteiger charge is 2.22. The zero-order valence-electron chi connectivity index (χ0n) is 13.2. The molecule has 116 valence electrons. The molecule has 0 saturated heterocycles. The summed E-state index contributed by atoms with van der Waals surface area (Å²) in [6.45, 7) is 4.49. The molecule has 0 spiro atoms. The number of rotatable bonds is 6. The van der Waals surface area contributed by atoms with Crippen LogP contribution in [0.2, 0.25) is 0 Å². The van der Waals surface area contributed by atoms with Gasteiger partial charge in [0.2, 0.25) is 5.91 Å². The number of likely N-dealkylation sites (N-methyl/N-ethyl adjacent to an activating group) is 1. The molecular weight excluding hydrogens is 266 g/mol. The summed E-state index contributed by atoms with van der Waals surface area (Å²) in [7, 11) is 3.34. The van der Waals surface area contributed by atoms with Crippen molar-refractivity contribution in [1.29, 1.82) is 0 Å². The molecule has 2 atom stereocenters. The third-order valence-electron chi connectivity index (χ3n) is 3.78. The Hall–Kier alpha value is -1.88. The van der Waals surface area contributed by atoms with E-state index in [1.165, 1.54) is 0 Å². The Bertz CT molecular complexity index is 485. The van der Waals surface area contributed by atoms with Crippen LogP contribution >= 0.6 is 0 Å². The zero-order chi connectivity index (χ0) is 16.0. The standard InChI is InChI=1S/C16H25N3O2/c1-5-11(2)14(17)16(21)19(4)10-12-6-8-13(9-7-12)15(20)18-3/h6-9,11,14H,5,10,17H2,1-4H3,(H,18,20)/t11?,14-/m0/s1. The minimum absolute atomic E-state index is 0.0558. The molecule has 0 aliphatic carbocycles. The van der Waals surface area contributed by atoms with Crippen molar-refractivity contribution in [3.05, 3.63) is 35.4 Å². The fourth-order valence-corrected chi connectivity index (χ4v) is 2.01. The molecule has 0 fully saturated rings. The number of hydrogen-bond donors (Lipinski definition) is 2. The smallest absolute Gasteiger partial charge is 0.251 e. The number of nitrogens with one attached hydrogen (secondary N) is 1. The van der Waals surface area contributed by atoms with Gasteiger partial charge in [0, 0.05) is 26.2 Å². The summed E-state index contributed by atoms with van der Waals surface area (Å²) in [4.78, 5) is 25.3. The van der Waals surface area contributed by atoms with Crippen LogP contribution in [0.4, 0.5) is 0 Å². The molecule has 21 heavy (non-hydrogen) atoms. The van der Waals surface area contributed by atoms with Crippen molar-refractivity contribution in [1.82, 2.24) is 10.2 Å². The minimum Gasteiger partial charge on any atom is -0.355 e. The van der Waals surface area contributed by atoms with E-state index in [2.05, 4.69) is 5.32 Å². The molecule has 1 aromatic rings. The van der Waals surface area contributed by atoms with E-state index < -0.39 is 6.04 Å². The zero-order valence-corrected chi connectivity index (χ0v) is 13.2. The Labute approximate surface area is 126 Å². The molecule has 1 rings (SSSR count). The lowest BCUT2D eigenvalue weighted by Gasteiger charge is -2.24. The molecule has 0 bridgehead atoms. The number of nitrogens with two attached hydrogens (primary N) is 1. The van der Waals surface area contributed by atoms with Gasteiger partial charge in [-0.2, -0.15) is 0 Å².